The number of hydrazone groups is 1. The second kappa shape index (κ2) is 7.04. The lowest BCUT2D eigenvalue weighted by atomic mass is 10.1. The lowest BCUT2D eigenvalue weighted by Gasteiger charge is -2.09. The Morgan fingerprint density at radius 2 is 1.88 bits per heavy atom. The third-order valence-corrected chi connectivity index (χ3v) is 3.60. The summed E-state index contributed by atoms with van der Waals surface area (Å²) in [5, 5.41) is 13.5. The van der Waals surface area contributed by atoms with Crippen LogP contribution in [0, 0.1) is 0 Å². The van der Waals surface area contributed by atoms with E-state index in [9.17, 15) is 9.90 Å². The standard InChI is InChI=1S/C18H18N2O4/c1-12(19-20-18(22)14-4-2-5-15(21)10-14)13-6-7-16-17(11-13)24-9-3-8-23-16/h2,4-7,10-11,21H,3,8-9H2,1H3,(H,20,22)/b19-12-. The molecule has 0 atom stereocenters. The minimum atomic E-state index is -0.389. The number of hydrogen-bond acceptors (Lipinski definition) is 5. The quantitative estimate of drug-likeness (QED) is 0.671. The molecule has 6 nitrogen and oxygen atoms in total. The molecular formula is C18H18N2O4. The van der Waals surface area contributed by atoms with Crippen LogP contribution in [0.15, 0.2) is 47.6 Å². The van der Waals surface area contributed by atoms with Crippen LogP contribution in [0.5, 0.6) is 17.2 Å². The number of hydrogen-bond donors (Lipinski definition) is 2. The fourth-order valence-corrected chi connectivity index (χ4v) is 2.30. The first-order chi connectivity index (χ1) is 11.6. The van der Waals surface area contributed by atoms with E-state index in [0.29, 0.717) is 36.0 Å². The molecule has 0 radical (unpaired) electrons. The Hall–Kier alpha value is -3.02. The molecule has 0 fully saturated rings. The van der Waals surface area contributed by atoms with Crippen LogP contribution in [-0.4, -0.2) is 29.9 Å². The van der Waals surface area contributed by atoms with Gasteiger partial charge in [0, 0.05) is 17.5 Å². The summed E-state index contributed by atoms with van der Waals surface area (Å²) in [6.45, 7) is 3.04. The average Bonchev–Trinajstić information content (AvgIpc) is 2.84. The minimum absolute atomic E-state index is 0.0336. The molecule has 0 spiro atoms. The SMILES string of the molecule is C/C(=N/NC(=O)c1cccc(O)c1)c1ccc2c(c1)OCCCO2. The zero-order chi connectivity index (χ0) is 16.9. The summed E-state index contributed by atoms with van der Waals surface area (Å²) >= 11 is 0. The maximum atomic E-state index is 12.0. The minimum Gasteiger partial charge on any atom is -0.508 e. The number of phenols is 1. The highest BCUT2D eigenvalue weighted by Crippen LogP contribution is 2.30. The van der Waals surface area contributed by atoms with Crippen molar-refractivity contribution in [2.75, 3.05) is 13.2 Å². The number of amides is 1. The van der Waals surface area contributed by atoms with E-state index in [2.05, 4.69) is 10.5 Å². The van der Waals surface area contributed by atoms with Gasteiger partial charge < -0.3 is 14.6 Å². The molecule has 1 amide bonds. The third-order valence-electron chi connectivity index (χ3n) is 3.60. The molecule has 0 saturated carbocycles. The number of aromatic hydroxyl groups is 1. The Balaban J connectivity index is 1.74. The fraction of sp³-hybridized carbons (Fsp3) is 0.222. The molecule has 1 aliphatic heterocycles. The largest absolute Gasteiger partial charge is 0.508 e. The number of benzene rings is 2. The summed E-state index contributed by atoms with van der Waals surface area (Å²) in [7, 11) is 0. The van der Waals surface area contributed by atoms with Crippen LogP contribution in [0.3, 0.4) is 0 Å². The monoisotopic (exact) mass is 326 g/mol. The summed E-state index contributed by atoms with van der Waals surface area (Å²) < 4.78 is 11.2. The Labute approximate surface area is 139 Å². The van der Waals surface area contributed by atoms with Crippen LogP contribution in [0.4, 0.5) is 0 Å². The van der Waals surface area contributed by atoms with E-state index >= 15 is 0 Å². The van der Waals surface area contributed by atoms with Gasteiger partial charge in [-0.2, -0.15) is 5.10 Å². The van der Waals surface area contributed by atoms with Gasteiger partial charge in [0.2, 0.25) is 0 Å². The van der Waals surface area contributed by atoms with E-state index in [0.717, 1.165) is 12.0 Å². The highest BCUT2D eigenvalue weighted by Gasteiger charge is 2.12. The van der Waals surface area contributed by atoms with E-state index < -0.39 is 0 Å². The van der Waals surface area contributed by atoms with Gasteiger partial charge in [-0.15, -0.1) is 0 Å². The van der Waals surface area contributed by atoms with Crippen LogP contribution in [0.1, 0.15) is 29.3 Å². The van der Waals surface area contributed by atoms with Crippen LogP contribution < -0.4 is 14.9 Å². The molecule has 1 aliphatic rings. The number of fused-ring (bicyclic) bond motifs is 1. The maximum Gasteiger partial charge on any atom is 0.271 e. The molecule has 124 valence electrons. The van der Waals surface area contributed by atoms with Crippen molar-refractivity contribution < 1.29 is 19.4 Å². The van der Waals surface area contributed by atoms with Crippen LogP contribution >= 0.6 is 0 Å². The van der Waals surface area contributed by atoms with Gasteiger partial charge in [0.25, 0.3) is 5.91 Å². The van der Waals surface area contributed by atoms with Gasteiger partial charge in [-0.05, 0) is 43.3 Å². The summed E-state index contributed by atoms with van der Waals surface area (Å²) in [6.07, 6.45) is 0.844. The maximum absolute atomic E-state index is 12.0. The van der Waals surface area contributed by atoms with E-state index in [1.54, 1.807) is 19.1 Å². The highest BCUT2D eigenvalue weighted by atomic mass is 16.5. The molecule has 0 unspecified atom stereocenters. The molecule has 1 heterocycles. The van der Waals surface area contributed by atoms with Crippen LogP contribution in [-0.2, 0) is 0 Å². The second-order valence-electron chi connectivity index (χ2n) is 5.40. The summed E-state index contributed by atoms with van der Waals surface area (Å²) in [5.41, 5.74) is 4.29. The van der Waals surface area contributed by atoms with Crippen LogP contribution in [0.25, 0.3) is 0 Å². The molecule has 0 aromatic heterocycles. The van der Waals surface area contributed by atoms with Gasteiger partial charge >= 0.3 is 0 Å². The zero-order valence-corrected chi connectivity index (χ0v) is 13.3. The smallest absolute Gasteiger partial charge is 0.271 e. The van der Waals surface area contributed by atoms with Crippen molar-refractivity contribution >= 4 is 11.6 Å². The fourth-order valence-electron chi connectivity index (χ4n) is 2.30. The van der Waals surface area contributed by atoms with E-state index in [4.69, 9.17) is 9.47 Å². The second-order valence-corrected chi connectivity index (χ2v) is 5.40. The summed E-state index contributed by atoms with van der Waals surface area (Å²) in [5.74, 6) is 1.04. The first kappa shape index (κ1) is 15.9. The lowest BCUT2D eigenvalue weighted by Crippen LogP contribution is -2.19. The Morgan fingerprint density at radius 3 is 2.67 bits per heavy atom. The summed E-state index contributed by atoms with van der Waals surface area (Å²) in [4.78, 5) is 12.0. The third kappa shape index (κ3) is 3.65. The molecule has 3 rings (SSSR count). The Kier molecular flexibility index (Phi) is 4.65. The number of nitrogens with zero attached hydrogens (tertiary/aromatic N) is 1. The van der Waals surface area contributed by atoms with Crippen molar-refractivity contribution in [2.24, 2.45) is 5.10 Å². The van der Waals surface area contributed by atoms with Crippen molar-refractivity contribution in [1.29, 1.82) is 0 Å². The number of phenolic OH excluding ortho intramolecular Hbond substituents is 1. The Bertz CT molecular complexity index is 786. The number of nitrogens with one attached hydrogen (secondary N) is 1. The molecule has 2 aromatic rings. The first-order valence-corrected chi connectivity index (χ1v) is 7.67. The molecular weight excluding hydrogens is 308 g/mol. The lowest BCUT2D eigenvalue weighted by molar-refractivity contribution is 0.0954. The molecule has 2 N–H and O–H groups in total. The topological polar surface area (TPSA) is 80.2 Å². The predicted molar refractivity (Wildman–Crippen MR) is 89.8 cm³/mol. The molecule has 0 aliphatic carbocycles. The highest BCUT2D eigenvalue weighted by molar-refractivity contribution is 6.01. The van der Waals surface area contributed by atoms with Crippen molar-refractivity contribution in [2.45, 2.75) is 13.3 Å². The number of carbonyl (C=O) groups is 1. The first-order valence-electron chi connectivity index (χ1n) is 7.67. The molecule has 6 heteroatoms. The number of rotatable bonds is 3. The molecule has 0 bridgehead atoms. The van der Waals surface area contributed by atoms with Crippen molar-refractivity contribution in [1.82, 2.24) is 5.43 Å². The van der Waals surface area contributed by atoms with Crippen molar-refractivity contribution in [3.63, 3.8) is 0 Å². The van der Waals surface area contributed by atoms with Crippen molar-refractivity contribution in [3.05, 3.63) is 53.6 Å². The van der Waals surface area contributed by atoms with Gasteiger partial charge in [0.05, 0.1) is 18.9 Å². The van der Waals surface area contributed by atoms with Gasteiger partial charge in [0.15, 0.2) is 11.5 Å². The normalized spacial score (nSPS) is 14.0. The Morgan fingerprint density at radius 1 is 1.08 bits per heavy atom. The predicted octanol–water partition coefficient (Wildman–Crippen LogP) is 2.71. The van der Waals surface area contributed by atoms with Gasteiger partial charge in [0.1, 0.15) is 5.75 Å². The number of carbonyl (C=O) groups excluding carboxylic acids is 1. The van der Waals surface area contributed by atoms with E-state index in [-0.39, 0.29) is 11.7 Å². The molecule has 2 aromatic carbocycles. The van der Waals surface area contributed by atoms with Gasteiger partial charge in [-0.25, -0.2) is 5.43 Å². The van der Waals surface area contributed by atoms with Gasteiger partial charge in [-0.3, -0.25) is 4.79 Å². The zero-order valence-electron chi connectivity index (χ0n) is 13.3. The molecule has 0 saturated heterocycles. The number of ether oxygens (including phenoxy) is 2. The van der Waals surface area contributed by atoms with Gasteiger partial charge in [-0.1, -0.05) is 6.07 Å². The average molecular weight is 326 g/mol. The van der Waals surface area contributed by atoms with E-state index in [1.807, 2.05) is 18.2 Å². The summed E-state index contributed by atoms with van der Waals surface area (Å²) in [6, 6.07) is 11.6. The molecule has 24 heavy (non-hydrogen) atoms. The van der Waals surface area contributed by atoms with E-state index in [1.165, 1.54) is 12.1 Å². The van der Waals surface area contributed by atoms with Crippen molar-refractivity contribution in [3.8, 4) is 17.2 Å². The van der Waals surface area contributed by atoms with Crippen LogP contribution in [0.2, 0.25) is 0 Å².